The summed E-state index contributed by atoms with van der Waals surface area (Å²) in [4.78, 5) is 4.53. The highest BCUT2D eigenvalue weighted by Crippen LogP contribution is 2.41. The van der Waals surface area contributed by atoms with Crippen molar-refractivity contribution in [1.29, 1.82) is 0 Å². The van der Waals surface area contributed by atoms with E-state index in [1.165, 1.54) is 5.75 Å². The predicted octanol–water partition coefficient (Wildman–Crippen LogP) is 3.66. The number of thioether (sulfide) groups is 2. The van der Waals surface area contributed by atoms with Crippen molar-refractivity contribution >= 4 is 23.5 Å². The fourth-order valence-electron chi connectivity index (χ4n) is 2.17. The Balaban J connectivity index is 1.87. The van der Waals surface area contributed by atoms with Crippen molar-refractivity contribution in [3.05, 3.63) is 29.6 Å². The first kappa shape index (κ1) is 13.8. The van der Waals surface area contributed by atoms with E-state index in [9.17, 15) is 5.11 Å². The minimum absolute atomic E-state index is 0.279. The fraction of sp³-hybridized carbons (Fsp3) is 0.429. The van der Waals surface area contributed by atoms with E-state index >= 15 is 0 Å². The third-order valence-corrected chi connectivity index (χ3v) is 6.41. The molecule has 6 heteroatoms. The molecular formula is C14H16N2O2S2. The van der Waals surface area contributed by atoms with E-state index < -0.39 is 0 Å². The highest BCUT2D eigenvalue weighted by Gasteiger charge is 2.28. The van der Waals surface area contributed by atoms with Crippen molar-refractivity contribution in [3.8, 4) is 17.2 Å². The highest BCUT2D eigenvalue weighted by atomic mass is 32.2. The summed E-state index contributed by atoms with van der Waals surface area (Å²) in [7, 11) is 0. The van der Waals surface area contributed by atoms with Gasteiger partial charge in [-0.3, -0.25) is 0 Å². The number of aryl methyl sites for hydroxylation is 1. The normalized spacial score (nSPS) is 22.9. The SMILES string of the molecule is Cc1cc(-c2nc(C3SCCSC3C)no2)ccc1O. The van der Waals surface area contributed by atoms with Crippen LogP contribution >= 0.6 is 23.5 Å². The average Bonchev–Trinajstić information content (AvgIpc) is 2.92. The predicted molar refractivity (Wildman–Crippen MR) is 83.3 cm³/mol. The molecule has 20 heavy (non-hydrogen) atoms. The van der Waals surface area contributed by atoms with Crippen LogP contribution in [0.2, 0.25) is 0 Å². The van der Waals surface area contributed by atoms with Crippen LogP contribution in [0.5, 0.6) is 5.75 Å². The molecule has 0 bridgehead atoms. The molecule has 1 aliphatic heterocycles. The number of aromatic nitrogens is 2. The van der Waals surface area contributed by atoms with Crippen LogP contribution in [-0.4, -0.2) is 32.0 Å². The molecule has 0 amide bonds. The molecule has 2 aromatic rings. The largest absolute Gasteiger partial charge is 0.508 e. The van der Waals surface area contributed by atoms with Crippen LogP contribution in [0, 0.1) is 6.92 Å². The molecule has 1 aromatic heterocycles. The van der Waals surface area contributed by atoms with Crippen molar-refractivity contribution < 1.29 is 9.63 Å². The highest BCUT2D eigenvalue weighted by molar-refractivity contribution is 8.06. The van der Waals surface area contributed by atoms with Crippen molar-refractivity contribution in [2.45, 2.75) is 24.3 Å². The monoisotopic (exact) mass is 308 g/mol. The number of phenolic OH excluding ortho intramolecular Hbond substituents is 1. The zero-order valence-electron chi connectivity index (χ0n) is 11.4. The maximum absolute atomic E-state index is 9.56. The number of phenols is 1. The van der Waals surface area contributed by atoms with E-state index in [0.717, 1.165) is 22.7 Å². The molecule has 106 valence electrons. The molecule has 0 saturated carbocycles. The van der Waals surface area contributed by atoms with Gasteiger partial charge in [0, 0.05) is 22.3 Å². The number of hydrogen-bond acceptors (Lipinski definition) is 6. The Kier molecular flexibility index (Phi) is 3.94. The second kappa shape index (κ2) is 5.69. The van der Waals surface area contributed by atoms with Gasteiger partial charge in [-0.15, -0.1) is 11.8 Å². The van der Waals surface area contributed by atoms with Crippen LogP contribution in [0.3, 0.4) is 0 Å². The van der Waals surface area contributed by atoms with Gasteiger partial charge < -0.3 is 9.63 Å². The summed E-state index contributed by atoms with van der Waals surface area (Å²) < 4.78 is 5.38. The average molecular weight is 308 g/mol. The van der Waals surface area contributed by atoms with Gasteiger partial charge >= 0.3 is 0 Å². The summed E-state index contributed by atoms with van der Waals surface area (Å²) in [5.41, 5.74) is 1.65. The lowest BCUT2D eigenvalue weighted by Gasteiger charge is -2.24. The first-order valence-corrected chi connectivity index (χ1v) is 8.61. The Hall–Kier alpha value is -1.14. The van der Waals surface area contributed by atoms with Crippen LogP contribution in [0.25, 0.3) is 11.5 Å². The van der Waals surface area contributed by atoms with Gasteiger partial charge in [0.1, 0.15) is 5.75 Å². The van der Waals surface area contributed by atoms with Crippen molar-refractivity contribution in [2.75, 3.05) is 11.5 Å². The molecule has 3 rings (SSSR count). The Bertz CT molecular complexity index is 615. The molecular weight excluding hydrogens is 292 g/mol. The first-order valence-electron chi connectivity index (χ1n) is 6.52. The van der Waals surface area contributed by atoms with E-state index in [0.29, 0.717) is 16.4 Å². The quantitative estimate of drug-likeness (QED) is 0.913. The molecule has 4 nitrogen and oxygen atoms in total. The van der Waals surface area contributed by atoms with E-state index in [-0.39, 0.29) is 5.75 Å². The Morgan fingerprint density at radius 2 is 2.10 bits per heavy atom. The lowest BCUT2D eigenvalue weighted by Crippen LogP contribution is -2.16. The lowest BCUT2D eigenvalue weighted by molar-refractivity contribution is 0.421. The van der Waals surface area contributed by atoms with Gasteiger partial charge in [-0.1, -0.05) is 12.1 Å². The van der Waals surface area contributed by atoms with Gasteiger partial charge in [0.05, 0.1) is 5.25 Å². The molecule has 0 aliphatic carbocycles. The molecule has 2 heterocycles. The molecule has 2 atom stereocenters. The summed E-state index contributed by atoms with van der Waals surface area (Å²) in [6.07, 6.45) is 0. The Morgan fingerprint density at radius 3 is 2.85 bits per heavy atom. The second-order valence-electron chi connectivity index (χ2n) is 4.83. The summed E-state index contributed by atoms with van der Waals surface area (Å²) in [5.74, 6) is 3.88. The van der Waals surface area contributed by atoms with E-state index in [1.807, 2.05) is 36.5 Å². The zero-order valence-corrected chi connectivity index (χ0v) is 13.0. The van der Waals surface area contributed by atoms with Gasteiger partial charge in [0.15, 0.2) is 5.82 Å². The summed E-state index contributed by atoms with van der Waals surface area (Å²) in [5, 5.41) is 14.5. The second-order valence-corrected chi connectivity index (χ2v) is 7.56. The van der Waals surface area contributed by atoms with Gasteiger partial charge in [-0.2, -0.15) is 16.7 Å². The van der Waals surface area contributed by atoms with Crippen LogP contribution < -0.4 is 0 Å². The number of nitrogens with zero attached hydrogens (tertiary/aromatic N) is 2. The molecule has 2 unspecified atom stereocenters. The fourth-order valence-corrected chi connectivity index (χ4v) is 4.85. The molecule has 1 fully saturated rings. The van der Waals surface area contributed by atoms with Gasteiger partial charge in [0.2, 0.25) is 0 Å². The smallest absolute Gasteiger partial charge is 0.257 e. The molecule has 1 aromatic carbocycles. The molecule has 1 aliphatic rings. The zero-order chi connectivity index (χ0) is 14.1. The van der Waals surface area contributed by atoms with Gasteiger partial charge in [-0.25, -0.2) is 0 Å². The third-order valence-electron chi connectivity index (χ3n) is 3.33. The molecule has 1 saturated heterocycles. The Morgan fingerprint density at radius 1 is 1.30 bits per heavy atom. The van der Waals surface area contributed by atoms with Crippen molar-refractivity contribution in [3.63, 3.8) is 0 Å². The van der Waals surface area contributed by atoms with E-state index in [4.69, 9.17) is 4.52 Å². The van der Waals surface area contributed by atoms with E-state index in [1.54, 1.807) is 12.1 Å². The Labute approximate surface area is 126 Å². The molecule has 1 N–H and O–H groups in total. The number of benzene rings is 1. The van der Waals surface area contributed by atoms with Crippen LogP contribution in [0.15, 0.2) is 22.7 Å². The van der Waals surface area contributed by atoms with Crippen molar-refractivity contribution in [2.24, 2.45) is 0 Å². The van der Waals surface area contributed by atoms with Gasteiger partial charge in [-0.05, 0) is 30.7 Å². The summed E-state index contributed by atoms with van der Waals surface area (Å²) in [6.45, 7) is 4.06. The minimum Gasteiger partial charge on any atom is -0.508 e. The van der Waals surface area contributed by atoms with E-state index in [2.05, 4.69) is 17.1 Å². The standard InChI is InChI=1S/C14H16N2O2S2/c1-8-7-10(3-4-11(8)17)14-15-13(16-18-14)12-9(2)19-5-6-20-12/h3-4,7,9,12,17H,5-6H2,1-2H3. The van der Waals surface area contributed by atoms with Crippen LogP contribution in [-0.2, 0) is 0 Å². The lowest BCUT2D eigenvalue weighted by atomic mass is 10.1. The van der Waals surface area contributed by atoms with Gasteiger partial charge in [0.25, 0.3) is 5.89 Å². The third kappa shape index (κ3) is 2.67. The number of hydrogen-bond donors (Lipinski definition) is 1. The maximum Gasteiger partial charge on any atom is 0.257 e. The number of aromatic hydroxyl groups is 1. The molecule has 0 spiro atoms. The topological polar surface area (TPSA) is 59.2 Å². The minimum atomic E-state index is 0.279. The molecule has 0 radical (unpaired) electrons. The maximum atomic E-state index is 9.56. The van der Waals surface area contributed by atoms with Crippen LogP contribution in [0.1, 0.15) is 23.6 Å². The van der Waals surface area contributed by atoms with Crippen LogP contribution in [0.4, 0.5) is 0 Å². The van der Waals surface area contributed by atoms with Crippen molar-refractivity contribution in [1.82, 2.24) is 10.1 Å². The summed E-state index contributed by atoms with van der Waals surface area (Å²) in [6, 6.07) is 5.31. The summed E-state index contributed by atoms with van der Waals surface area (Å²) >= 11 is 3.85. The first-order chi connectivity index (χ1) is 9.65. The number of rotatable bonds is 2.